The second-order valence-corrected chi connectivity index (χ2v) is 25.1. The van der Waals surface area contributed by atoms with Gasteiger partial charge in [-0.25, -0.2) is 4.98 Å². The van der Waals surface area contributed by atoms with Gasteiger partial charge < -0.3 is 0 Å². The summed E-state index contributed by atoms with van der Waals surface area (Å²) in [7, 11) is 0. The lowest BCUT2D eigenvalue weighted by molar-refractivity contribution is 0.910. The van der Waals surface area contributed by atoms with E-state index in [2.05, 4.69) is 315 Å². The van der Waals surface area contributed by atoms with Crippen LogP contribution in [-0.2, 0) is 0 Å². The smallest absolute Gasteiger partial charge is 0.126 e. The molecule has 0 N–H and O–H groups in total. The number of imidazole rings is 1. The fourth-order valence-corrected chi connectivity index (χ4v) is 16.9. The molecule has 1 aromatic heterocycles. The van der Waals surface area contributed by atoms with Crippen molar-refractivity contribution in [3.8, 4) is 72.4 Å². The minimum absolute atomic E-state index is 0.0349. The minimum Gasteiger partial charge on any atom is -0.295 e. The Balaban J connectivity index is 0.899. The second kappa shape index (κ2) is 19.5. The van der Waals surface area contributed by atoms with Crippen molar-refractivity contribution < 1.29 is 0 Å². The molecule has 13 aromatic carbocycles. The molecule has 0 saturated heterocycles. The third kappa shape index (κ3) is 7.47. The lowest BCUT2D eigenvalue weighted by atomic mass is 9.74. The van der Waals surface area contributed by atoms with Crippen LogP contribution in [0.3, 0.4) is 0 Å². The molecule has 2 heteroatoms. The zero-order valence-electron chi connectivity index (χ0n) is 49.1. The summed E-state index contributed by atoms with van der Waals surface area (Å²) in [6.07, 6.45) is 2.52. The Bertz CT molecular complexity index is 5190. The maximum atomic E-state index is 5.56. The van der Waals surface area contributed by atoms with Gasteiger partial charge in [-0.1, -0.05) is 267 Å². The van der Waals surface area contributed by atoms with E-state index in [1.165, 1.54) is 156 Å². The molecule has 2 nitrogen and oxygen atoms in total. The normalized spacial score (nSPS) is 16.2. The highest BCUT2D eigenvalue weighted by atomic mass is 15.1. The van der Waals surface area contributed by atoms with E-state index in [1.807, 2.05) is 0 Å². The summed E-state index contributed by atoms with van der Waals surface area (Å²) >= 11 is 0. The first-order valence-electron chi connectivity index (χ1n) is 31.5. The van der Waals surface area contributed by atoms with Crippen molar-refractivity contribution in [2.24, 2.45) is 0 Å². The van der Waals surface area contributed by atoms with Crippen LogP contribution in [0.1, 0.15) is 113 Å². The van der Waals surface area contributed by atoms with Crippen molar-refractivity contribution in [2.75, 3.05) is 0 Å². The first-order valence-corrected chi connectivity index (χ1v) is 31.5. The van der Waals surface area contributed by atoms with Crippen LogP contribution in [0.4, 0.5) is 0 Å². The van der Waals surface area contributed by atoms with Gasteiger partial charge in [0.05, 0.1) is 22.6 Å². The fourth-order valence-electron chi connectivity index (χ4n) is 16.9. The Hall–Kier alpha value is -10.9. The standard InChI is InChI=1S/C87H58N2/c1-52-80(61-41-44-71-78(50-61)89-79-49-58(54-24-8-3-9-25-54)42-45-77(79)88-87(89)83(71)56-28-12-5-13-29-56)76(84-66-34-18-14-30-62(66)63-31-15-19-35-67(63)84)51-73(81(52)86-68-36-20-16-32-64(68)65-33-17-21-37-69(65)86)60-40-43-70-74(47-60)85-72-46-57(53-22-6-2-7-23-53)38-39-59(72)48-75(85)82(70)55-26-10-4-11-27-55/h2-51,82-86H,1H3. The van der Waals surface area contributed by atoms with Crippen LogP contribution in [0.2, 0.25) is 0 Å². The number of aromatic nitrogens is 2. The van der Waals surface area contributed by atoms with E-state index in [1.54, 1.807) is 0 Å². The Morgan fingerprint density at radius 2 is 0.798 bits per heavy atom. The van der Waals surface area contributed by atoms with Crippen molar-refractivity contribution in [1.82, 2.24) is 9.55 Å². The third-order valence-corrected chi connectivity index (χ3v) is 20.6. The quantitative estimate of drug-likeness (QED) is 0.148. The van der Waals surface area contributed by atoms with Crippen molar-refractivity contribution in [1.29, 1.82) is 0 Å². The van der Waals surface area contributed by atoms with Crippen LogP contribution in [0, 0.1) is 6.92 Å². The van der Waals surface area contributed by atoms with E-state index < -0.39 is 0 Å². The van der Waals surface area contributed by atoms with Crippen LogP contribution >= 0.6 is 0 Å². The molecule has 416 valence electrons. The maximum absolute atomic E-state index is 5.56. The fraction of sp³-hybridized carbons (Fsp3) is 0.0690. The molecule has 0 amide bonds. The minimum atomic E-state index is -0.0418. The molecule has 3 unspecified atom stereocenters. The van der Waals surface area contributed by atoms with Gasteiger partial charge in [-0.3, -0.25) is 4.57 Å². The lowest BCUT2D eigenvalue weighted by Gasteiger charge is -2.29. The number of hydrogen-bond acceptors (Lipinski definition) is 1. The Morgan fingerprint density at radius 3 is 1.42 bits per heavy atom. The molecule has 0 saturated carbocycles. The van der Waals surface area contributed by atoms with E-state index >= 15 is 0 Å². The van der Waals surface area contributed by atoms with E-state index in [-0.39, 0.29) is 29.6 Å². The first-order chi connectivity index (χ1) is 44.1. The number of rotatable bonds is 8. The van der Waals surface area contributed by atoms with Gasteiger partial charge in [-0.15, -0.1) is 0 Å². The third-order valence-electron chi connectivity index (χ3n) is 20.6. The Kier molecular flexibility index (Phi) is 11.0. The summed E-state index contributed by atoms with van der Waals surface area (Å²) in [4.78, 5) is 5.56. The summed E-state index contributed by atoms with van der Waals surface area (Å²) in [6.45, 7) is 2.47. The van der Waals surface area contributed by atoms with Crippen LogP contribution < -0.4 is 0 Å². The molecule has 4 aliphatic carbocycles. The molecule has 14 aromatic rings. The molecule has 0 radical (unpaired) electrons. The highest BCUT2D eigenvalue weighted by molar-refractivity contribution is 5.93. The first kappa shape index (κ1) is 50.2. The Morgan fingerprint density at radius 1 is 0.303 bits per heavy atom. The van der Waals surface area contributed by atoms with Crippen LogP contribution in [-0.4, -0.2) is 9.55 Å². The van der Waals surface area contributed by atoms with Gasteiger partial charge in [0.1, 0.15) is 5.82 Å². The monoisotopic (exact) mass is 1130 g/mol. The number of benzene rings is 13. The average molecular weight is 1130 g/mol. The van der Waals surface area contributed by atoms with Crippen LogP contribution in [0.5, 0.6) is 0 Å². The van der Waals surface area contributed by atoms with Crippen LogP contribution in [0.25, 0.3) is 89.6 Å². The Labute approximate surface area is 519 Å². The molecular weight excluding hydrogens is 1070 g/mol. The number of fused-ring (bicyclic) bond motifs is 16. The molecule has 5 aliphatic rings. The zero-order chi connectivity index (χ0) is 58.4. The lowest BCUT2D eigenvalue weighted by Crippen LogP contribution is -2.11. The molecule has 1 aliphatic heterocycles. The topological polar surface area (TPSA) is 17.8 Å². The SMILES string of the molecule is Cc1c(-c2ccc3c(c2)-n2c(nc4ccc(-c5ccccc5)cc42)C3c2ccccc2)c(C2c3ccccc3-c3ccccc32)cc(-c2ccc3c(c2)C2C(=Cc4ccc(-c5ccccc5)cc42)C3c2ccccc2)c1C1c2ccccc2-c2ccccc21. The van der Waals surface area contributed by atoms with E-state index in [0.717, 1.165) is 16.9 Å². The molecule has 2 heterocycles. The highest BCUT2D eigenvalue weighted by Crippen LogP contribution is 2.61. The molecular formula is C87H58N2. The van der Waals surface area contributed by atoms with E-state index in [9.17, 15) is 0 Å². The van der Waals surface area contributed by atoms with Gasteiger partial charge in [-0.2, -0.15) is 0 Å². The van der Waals surface area contributed by atoms with Gasteiger partial charge in [0.2, 0.25) is 0 Å². The highest BCUT2D eigenvalue weighted by Gasteiger charge is 2.44. The summed E-state index contributed by atoms with van der Waals surface area (Å²) in [5.41, 5.74) is 38.6. The molecule has 89 heavy (non-hydrogen) atoms. The van der Waals surface area contributed by atoms with Crippen molar-refractivity contribution in [3.63, 3.8) is 0 Å². The van der Waals surface area contributed by atoms with Crippen molar-refractivity contribution in [3.05, 3.63) is 387 Å². The molecule has 0 fully saturated rings. The largest absolute Gasteiger partial charge is 0.295 e. The summed E-state index contributed by atoms with van der Waals surface area (Å²) in [6, 6.07) is 112. The van der Waals surface area contributed by atoms with E-state index in [0.29, 0.717) is 0 Å². The average Bonchev–Trinajstić information content (AvgIpc) is 1.64. The van der Waals surface area contributed by atoms with Gasteiger partial charge in [0.15, 0.2) is 0 Å². The van der Waals surface area contributed by atoms with Gasteiger partial charge in [-0.05, 0) is 194 Å². The summed E-state index contributed by atoms with van der Waals surface area (Å²) < 4.78 is 2.49. The summed E-state index contributed by atoms with van der Waals surface area (Å²) in [5, 5.41) is 0. The zero-order valence-corrected chi connectivity index (χ0v) is 49.1. The molecule has 0 bridgehead atoms. The molecule has 19 rings (SSSR count). The van der Waals surface area contributed by atoms with Gasteiger partial charge in [0.25, 0.3) is 0 Å². The van der Waals surface area contributed by atoms with Crippen molar-refractivity contribution in [2.45, 2.75) is 36.5 Å². The van der Waals surface area contributed by atoms with Gasteiger partial charge in [0, 0.05) is 23.7 Å². The second-order valence-electron chi connectivity index (χ2n) is 25.1. The molecule has 0 spiro atoms. The maximum Gasteiger partial charge on any atom is 0.126 e. The number of hydrogen-bond donors (Lipinski definition) is 0. The van der Waals surface area contributed by atoms with Crippen LogP contribution in [0.15, 0.2) is 303 Å². The predicted molar refractivity (Wildman–Crippen MR) is 365 cm³/mol. The molecule has 3 atom stereocenters. The number of nitrogens with zero attached hydrogens (tertiary/aromatic N) is 2. The van der Waals surface area contributed by atoms with E-state index in [4.69, 9.17) is 4.98 Å². The summed E-state index contributed by atoms with van der Waals surface area (Å²) in [5.74, 6) is 1.18. The van der Waals surface area contributed by atoms with Gasteiger partial charge >= 0.3 is 0 Å². The predicted octanol–water partition coefficient (Wildman–Crippen LogP) is 21.5. The number of allylic oxidation sites excluding steroid dienone is 1. The van der Waals surface area contributed by atoms with Crippen molar-refractivity contribution >= 4 is 17.1 Å².